The molecule has 60 valence electrons. The zero-order chi connectivity index (χ0) is 8.97. The molecule has 0 unspecified atom stereocenters. The summed E-state index contributed by atoms with van der Waals surface area (Å²) in [4.78, 5) is 7.12. The van der Waals surface area contributed by atoms with Crippen molar-refractivity contribution in [3.63, 3.8) is 0 Å². The molecule has 0 saturated carbocycles. The van der Waals surface area contributed by atoms with Crippen molar-refractivity contribution in [3.8, 4) is 6.19 Å². The molecule has 0 aliphatic heterocycles. The Morgan fingerprint density at radius 2 is 2.42 bits per heavy atom. The molecule has 0 aromatic carbocycles. The number of aliphatic imine (C=N–C) groups is 1. The van der Waals surface area contributed by atoms with E-state index in [-0.39, 0.29) is 5.84 Å². The number of rotatable bonds is 1. The van der Waals surface area contributed by atoms with Gasteiger partial charge in [0.25, 0.3) is 0 Å². The maximum atomic E-state index is 8.19. The maximum absolute atomic E-state index is 8.19. The lowest BCUT2D eigenvalue weighted by Gasteiger charge is -1.95. The molecule has 1 heterocycles. The molecule has 1 aromatic heterocycles. The highest BCUT2D eigenvalue weighted by Crippen LogP contribution is 2.04. The Morgan fingerprint density at radius 1 is 1.67 bits per heavy atom. The Labute approximate surface area is 74.3 Å². The molecule has 4 nitrogen and oxygen atoms in total. The fourth-order valence-electron chi connectivity index (χ4n) is 0.646. The standard InChI is InChI=1S/C7H5ClN4/c8-6-2-1-5(3-11-6)7(10)12-4-9/h1-3H,(H2,10,12). The molecule has 1 aromatic rings. The van der Waals surface area contributed by atoms with E-state index in [9.17, 15) is 0 Å². The highest BCUT2D eigenvalue weighted by atomic mass is 35.5. The van der Waals surface area contributed by atoms with Gasteiger partial charge >= 0.3 is 0 Å². The van der Waals surface area contributed by atoms with E-state index in [1.807, 2.05) is 0 Å². The van der Waals surface area contributed by atoms with Crippen molar-refractivity contribution < 1.29 is 0 Å². The zero-order valence-corrected chi connectivity index (χ0v) is 6.78. The van der Waals surface area contributed by atoms with E-state index in [1.165, 1.54) is 6.20 Å². The second-order valence-electron chi connectivity index (χ2n) is 1.97. The molecule has 5 heteroatoms. The fourth-order valence-corrected chi connectivity index (χ4v) is 0.758. The van der Waals surface area contributed by atoms with Crippen LogP contribution in [-0.4, -0.2) is 10.8 Å². The number of hydrogen-bond donors (Lipinski definition) is 1. The van der Waals surface area contributed by atoms with Gasteiger partial charge in [-0.3, -0.25) is 0 Å². The fraction of sp³-hybridized carbons (Fsp3) is 0. The van der Waals surface area contributed by atoms with Gasteiger partial charge in [0.1, 0.15) is 11.0 Å². The van der Waals surface area contributed by atoms with Crippen LogP contribution in [0.5, 0.6) is 0 Å². The van der Waals surface area contributed by atoms with Gasteiger partial charge in [-0.2, -0.15) is 10.3 Å². The average molecular weight is 181 g/mol. The predicted molar refractivity (Wildman–Crippen MR) is 45.6 cm³/mol. The minimum atomic E-state index is 0.140. The third-order valence-electron chi connectivity index (χ3n) is 1.19. The summed E-state index contributed by atoms with van der Waals surface area (Å²) in [5.74, 6) is 0.140. The van der Waals surface area contributed by atoms with E-state index in [0.717, 1.165) is 0 Å². The van der Waals surface area contributed by atoms with Gasteiger partial charge in [-0.25, -0.2) is 4.98 Å². The molecular formula is C7H5ClN4. The van der Waals surface area contributed by atoms with Crippen LogP contribution in [0.3, 0.4) is 0 Å². The summed E-state index contributed by atoms with van der Waals surface area (Å²) in [5.41, 5.74) is 5.98. The number of aromatic nitrogens is 1. The second kappa shape index (κ2) is 3.69. The minimum absolute atomic E-state index is 0.140. The first kappa shape index (κ1) is 8.50. The van der Waals surface area contributed by atoms with Gasteiger partial charge < -0.3 is 5.73 Å². The average Bonchev–Trinajstić information content (AvgIpc) is 2.06. The second-order valence-corrected chi connectivity index (χ2v) is 2.35. The molecule has 0 atom stereocenters. The monoisotopic (exact) mass is 180 g/mol. The van der Waals surface area contributed by atoms with E-state index in [1.54, 1.807) is 18.3 Å². The zero-order valence-electron chi connectivity index (χ0n) is 6.03. The predicted octanol–water partition coefficient (Wildman–Crippen LogP) is 0.921. The molecule has 2 N–H and O–H groups in total. The Bertz CT molecular complexity index is 335. The number of halogens is 1. The van der Waals surface area contributed by atoms with E-state index in [0.29, 0.717) is 10.7 Å². The van der Waals surface area contributed by atoms with Crippen molar-refractivity contribution in [2.24, 2.45) is 10.7 Å². The first-order valence-electron chi connectivity index (χ1n) is 3.08. The third-order valence-corrected chi connectivity index (χ3v) is 1.42. The lowest BCUT2D eigenvalue weighted by atomic mass is 10.3. The topological polar surface area (TPSA) is 75.1 Å². The lowest BCUT2D eigenvalue weighted by Crippen LogP contribution is -2.12. The van der Waals surface area contributed by atoms with Crippen LogP contribution < -0.4 is 5.73 Å². The first-order valence-corrected chi connectivity index (χ1v) is 3.46. The van der Waals surface area contributed by atoms with Crippen molar-refractivity contribution in [2.75, 3.05) is 0 Å². The molecule has 0 saturated heterocycles. The molecule has 0 radical (unpaired) electrons. The number of hydrogen-bond acceptors (Lipinski definition) is 3. The van der Waals surface area contributed by atoms with Gasteiger partial charge in [0.2, 0.25) is 6.19 Å². The SMILES string of the molecule is N#CN=C(N)c1ccc(Cl)nc1. The molecule has 0 aliphatic carbocycles. The minimum Gasteiger partial charge on any atom is -0.382 e. The number of nitrogens with zero attached hydrogens (tertiary/aromatic N) is 3. The molecule has 0 amide bonds. The lowest BCUT2D eigenvalue weighted by molar-refractivity contribution is 1.30. The van der Waals surface area contributed by atoms with Gasteiger partial charge in [0, 0.05) is 11.8 Å². The van der Waals surface area contributed by atoms with Crippen molar-refractivity contribution in [2.45, 2.75) is 0 Å². The normalized spacial score (nSPS) is 10.8. The molecule has 0 spiro atoms. The van der Waals surface area contributed by atoms with Crippen LogP contribution >= 0.6 is 11.6 Å². The number of nitriles is 1. The molecule has 12 heavy (non-hydrogen) atoms. The quantitative estimate of drug-likeness (QED) is 0.302. The number of nitrogens with two attached hydrogens (primary N) is 1. The summed E-state index contributed by atoms with van der Waals surface area (Å²) < 4.78 is 0. The van der Waals surface area contributed by atoms with Gasteiger partial charge in [0.15, 0.2) is 0 Å². The summed E-state index contributed by atoms with van der Waals surface area (Å²) in [6.45, 7) is 0. The van der Waals surface area contributed by atoms with Crippen molar-refractivity contribution >= 4 is 17.4 Å². The number of pyridine rings is 1. The van der Waals surface area contributed by atoms with Crippen molar-refractivity contribution in [3.05, 3.63) is 29.0 Å². The van der Waals surface area contributed by atoms with Crippen LogP contribution in [0.4, 0.5) is 0 Å². The van der Waals surface area contributed by atoms with E-state index >= 15 is 0 Å². The third kappa shape index (κ3) is 1.94. The molecular weight excluding hydrogens is 176 g/mol. The van der Waals surface area contributed by atoms with Crippen LogP contribution in [0.15, 0.2) is 23.3 Å². The Morgan fingerprint density at radius 3 is 2.92 bits per heavy atom. The van der Waals surface area contributed by atoms with Gasteiger partial charge in [0.05, 0.1) is 0 Å². The Hall–Kier alpha value is -1.60. The maximum Gasteiger partial charge on any atom is 0.207 e. The van der Waals surface area contributed by atoms with Crippen molar-refractivity contribution in [1.29, 1.82) is 5.26 Å². The Balaban J connectivity index is 2.99. The Kier molecular flexibility index (Phi) is 2.62. The van der Waals surface area contributed by atoms with E-state index in [4.69, 9.17) is 22.6 Å². The molecule has 0 bridgehead atoms. The van der Waals surface area contributed by atoms with Crippen molar-refractivity contribution in [1.82, 2.24) is 4.98 Å². The van der Waals surface area contributed by atoms with Gasteiger partial charge in [-0.1, -0.05) is 11.6 Å². The summed E-state index contributed by atoms with van der Waals surface area (Å²) >= 11 is 5.54. The van der Waals surface area contributed by atoms with Crippen LogP contribution in [0, 0.1) is 11.5 Å². The highest BCUT2D eigenvalue weighted by Gasteiger charge is 1.97. The smallest absolute Gasteiger partial charge is 0.207 e. The van der Waals surface area contributed by atoms with Gasteiger partial charge in [-0.15, -0.1) is 0 Å². The van der Waals surface area contributed by atoms with Gasteiger partial charge in [-0.05, 0) is 12.1 Å². The molecule has 0 fully saturated rings. The van der Waals surface area contributed by atoms with E-state index < -0.39 is 0 Å². The summed E-state index contributed by atoms with van der Waals surface area (Å²) in [7, 11) is 0. The number of amidine groups is 1. The van der Waals surface area contributed by atoms with Crippen LogP contribution in [0.25, 0.3) is 0 Å². The summed E-state index contributed by atoms with van der Waals surface area (Å²) in [5, 5.41) is 8.57. The van der Waals surface area contributed by atoms with E-state index in [2.05, 4.69) is 9.98 Å². The molecule has 1 rings (SSSR count). The van der Waals surface area contributed by atoms with Crippen LogP contribution in [-0.2, 0) is 0 Å². The highest BCUT2D eigenvalue weighted by molar-refractivity contribution is 6.29. The molecule has 0 aliphatic rings. The first-order chi connectivity index (χ1) is 5.74. The summed E-state index contributed by atoms with van der Waals surface area (Å²) in [6.07, 6.45) is 3.04. The van der Waals surface area contributed by atoms with Crippen LogP contribution in [0.2, 0.25) is 5.15 Å². The largest absolute Gasteiger partial charge is 0.382 e. The van der Waals surface area contributed by atoms with Crippen LogP contribution in [0.1, 0.15) is 5.56 Å². The summed E-state index contributed by atoms with van der Waals surface area (Å²) in [6, 6.07) is 3.22.